The number of halogens is 3. The Kier molecular flexibility index (Phi) is 13.7. The minimum absolute atomic E-state index is 0.0538. The second-order valence-electron chi connectivity index (χ2n) is 14.8. The number of rotatable bonds is 16. The fourth-order valence-corrected chi connectivity index (χ4v) is 8.16. The maximum absolute atomic E-state index is 15.3. The largest absolute Gasteiger partial charge is 0.381 e. The van der Waals surface area contributed by atoms with Gasteiger partial charge in [0.2, 0.25) is 5.91 Å². The summed E-state index contributed by atoms with van der Waals surface area (Å²) in [6.07, 6.45) is 2.44. The number of alkyl halides is 1. The van der Waals surface area contributed by atoms with Crippen molar-refractivity contribution in [3.8, 4) is 11.3 Å². The molecule has 4 heterocycles. The van der Waals surface area contributed by atoms with Crippen LogP contribution in [0.15, 0.2) is 66.9 Å². The first-order valence-corrected chi connectivity index (χ1v) is 20.5. The third-order valence-corrected chi connectivity index (χ3v) is 11.7. The normalized spacial score (nSPS) is 20.3. The number of imide groups is 1. The molecule has 0 spiro atoms. The van der Waals surface area contributed by atoms with Gasteiger partial charge in [0.1, 0.15) is 28.9 Å². The molecule has 312 valence electrons. The summed E-state index contributed by atoms with van der Waals surface area (Å²) in [6.45, 7) is 1.98. The number of aromatic nitrogens is 2. The smallest absolute Gasteiger partial charge is 0.318 e. The highest BCUT2D eigenvalue weighted by Gasteiger charge is 2.41. The quantitative estimate of drug-likeness (QED) is 0.123. The van der Waals surface area contributed by atoms with Crippen LogP contribution in [0.25, 0.3) is 11.3 Å². The van der Waals surface area contributed by atoms with E-state index in [1.54, 1.807) is 17.7 Å². The molecule has 2 aromatic carbocycles. The van der Waals surface area contributed by atoms with E-state index in [9.17, 15) is 36.5 Å². The minimum atomic E-state index is -4.87. The third kappa shape index (κ3) is 10.5. The van der Waals surface area contributed by atoms with Gasteiger partial charge in [-0.2, -0.15) is 8.42 Å². The highest BCUT2D eigenvalue weighted by atomic mass is 32.2. The molecule has 0 unspecified atom stereocenters. The van der Waals surface area contributed by atoms with Gasteiger partial charge in [-0.3, -0.25) is 23.8 Å². The van der Waals surface area contributed by atoms with Gasteiger partial charge in [0.05, 0.1) is 11.7 Å². The molecule has 0 saturated carbocycles. The third-order valence-electron chi connectivity index (χ3n) is 10.6. The van der Waals surface area contributed by atoms with E-state index in [2.05, 4.69) is 16.0 Å². The summed E-state index contributed by atoms with van der Waals surface area (Å²) in [7, 11) is -4.87. The Balaban J connectivity index is 1.28. The number of hydrogen-bond donors (Lipinski definition) is 4. The predicted octanol–water partition coefficient (Wildman–Crippen LogP) is 2.99. The van der Waals surface area contributed by atoms with Crippen LogP contribution in [0.2, 0.25) is 0 Å². The fourth-order valence-electron chi connectivity index (χ4n) is 7.46. The van der Waals surface area contributed by atoms with Crippen molar-refractivity contribution in [2.45, 2.75) is 56.2 Å². The van der Waals surface area contributed by atoms with Crippen molar-refractivity contribution in [1.29, 1.82) is 0 Å². The number of hydrogen-bond acceptors (Lipinski definition) is 9. The van der Waals surface area contributed by atoms with Gasteiger partial charge in [-0.25, -0.2) is 22.9 Å². The SMILES string of the molecule is C[C@@H](CNC(=O)C[C@H](CN1C(=O)C=CC1=O)S(=O)(=O)O)NC(=O)N(C[C@@H]1CNC[C@@H]1F)[C@@H](c1nc(-c2cc(F)ccc2F)cn1Cc1ccccc1)C1CCOCC1. The van der Waals surface area contributed by atoms with Crippen LogP contribution in [0.1, 0.15) is 43.6 Å². The number of amides is 5. The maximum atomic E-state index is 15.3. The molecule has 0 radical (unpaired) electrons. The first-order valence-electron chi connectivity index (χ1n) is 19.0. The number of carbonyl (C=O) groups is 4. The van der Waals surface area contributed by atoms with Crippen LogP contribution < -0.4 is 16.0 Å². The second kappa shape index (κ2) is 18.6. The average molecular weight is 830 g/mol. The Morgan fingerprint density at radius 3 is 2.43 bits per heavy atom. The van der Waals surface area contributed by atoms with Crippen molar-refractivity contribution < 1.29 is 50.1 Å². The van der Waals surface area contributed by atoms with Gasteiger partial charge in [-0.15, -0.1) is 0 Å². The zero-order valence-electron chi connectivity index (χ0n) is 31.7. The molecular formula is C39H46F3N7O8S. The van der Waals surface area contributed by atoms with Gasteiger partial charge >= 0.3 is 6.03 Å². The van der Waals surface area contributed by atoms with Gasteiger partial charge < -0.3 is 30.2 Å². The molecule has 5 atom stereocenters. The molecule has 5 amide bonds. The number of nitrogens with one attached hydrogen (secondary N) is 3. The molecule has 58 heavy (non-hydrogen) atoms. The van der Waals surface area contributed by atoms with Crippen LogP contribution in [-0.4, -0.2) is 119 Å². The Bertz CT molecular complexity index is 2100. The summed E-state index contributed by atoms with van der Waals surface area (Å²) in [6, 6.07) is 10.2. The van der Waals surface area contributed by atoms with E-state index in [1.165, 1.54) is 4.90 Å². The molecule has 1 aromatic heterocycles. The van der Waals surface area contributed by atoms with E-state index < -0.39 is 87.9 Å². The highest BCUT2D eigenvalue weighted by Crippen LogP contribution is 2.38. The molecule has 3 aliphatic rings. The average Bonchev–Trinajstić information content (AvgIpc) is 3.89. The molecular weight excluding hydrogens is 784 g/mol. The minimum Gasteiger partial charge on any atom is -0.381 e. The summed E-state index contributed by atoms with van der Waals surface area (Å²) >= 11 is 0. The zero-order chi connectivity index (χ0) is 41.6. The Hall–Kier alpha value is -5.11. The standard InChI is InChI=1S/C39H46F3N7O8S/c1-24(17-44-34(50)16-29(58(54,55)56)22-48-35(51)9-10-36(48)52)45-39(53)49(21-27-18-43-19-32(27)42)37(26-11-13-57-14-12-26)38-46-33(30-15-28(40)7-8-31(30)41)23-47(38)20-25-5-3-2-4-6-25/h2-10,15,23-24,26-27,29,32,37,43H,11-14,16-22H2,1H3,(H,44,50)(H,45,53)(H,54,55,56)/t24-,27-,29+,32-,37+/m0/s1. The second-order valence-corrected chi connectivity index (χ2v) is 16.5. The zero-order valence-corrected chi connectivity index (χ0v) is 32.5. The molecule has 4 N–H and O–H groups in total. The van der Waals surface area contributed by atoms with Crippen molar-refractivity contribution >= 4 is 33.9 Å². The number of urea groups is 1. The monoisotopic (exact) mass is 829 g/mol. The van der Waals surface area contributed by atoms with Crippen molar-refractivity contribution in [2.75, 3.05) is 45.9 Å². The van der Waals surface area contributed by atoms with E-state index >= 15 is 8.78 Å². The van der Waals surface area contributed by atoms with Crippen molar-refractivity contribution in [3.05, 3.63) is 89.9 Å². The lowest BCUT2D eigenvalue weighted by molar-refractivity contribution is -0.137. The van der Waals surface area contributed by atoms with Gasteiger partial charge in [0.25, 0.3) is 21.9 Å². The van der Waals surface area contributed by atoms with Crippen LogP contribution >= 0.6 is 0 Å². The molecule has 3 aromatic rings. The summed E-state index contributed by atoms with van der Waals surface area (Å²) in [5.74, 6) is -4.27. The van der Waals surface area contributed by atoms with Crippen LogP contribution in [0.5, 0.6) is 0 Å². The van der Waals surface area contributed by atoms with Crippen LogP contribution in [-0.2, 0) is 35.8 Å². The van der Waals surface area contributed by atoms with E-state index in [0.29, 0.717) is 36.8 Å². The maximum Gasteiger partial charge on any atom is 0.318 e. The number of benzene rings is 2. The Morgan fingerprint density at radius 1 is 1.07 bits per heavy atom. The van der Waals surface area contributed by atoms with Gasteiger partial charge in [-0.05, 0) is 49.4 Å². The molecule has 6 rings (SSSR count). The van der Waals surface area contributed by atoms with Crippen molar-refractivity contribution in [3.63, 3.8) is 0 Å². The molecule has 3 aliphatic heterocycles. The number of carbonyl (C=O) groups excluding carboxylic acids is 4. The first-order chi connectivity index (χ1) is 27.7. The van der Waals surface area contributed by atoms with Crippen LogP contribution in [0.3, 0.4) is 0 Å². The van der Waals surface area contributed by atoms with E-state index in [1.807, 2.05) is 30.3 Å². The van der Waals surface area contributed by atoms with Gasteiger partial charge in [0.15, 0.2) is 0 Å². The molecule has 0 aliphatic carbocycles. The predicted molar refractivity (Wildman–Crippen MR) is 204 cm³/mol. The highest BCUT2D eigenvalue weighted by molar-refractivity contribution is 7.86. The number of imidazole rings is 1. The van der Waals surface area contributed by atoms with Gasteiger partial charge in [-0.1, -0.05) is 30.3 Å². The molecule has 0 bridgehead atoms. The van der Waals surface area contributed by atoms with E-state index in [4.69, 9.17) is 9.72 Å². The number of ether oxygens (including phenoxy) is 1. The summed E-state index contributed by atoms with van der Waals surface area (Å²) < 4.78 is 86.5. The molecule has 2 fully saturated rings. The Labute approximate surface area is 333 Å². The Morgan fingerprint density at radius 2 is 1.78 bits per heavy atom. The fraction of sp³-hybridized carbons (Fsp3) is 0.462. The summed E-state index contributed by atoms with van der Waals surface area (Å²) in [4.78, 5) is 58.5. The lowest BCUT2D eigenvalue weighted by atomic mass is 9.89. The summed E-state index contributed by atoms with van der Waals surface area (Å²) in [5, 5.41) is 6.62. The lowest BCUT2D eigenvalue weighted by Gasteiger charge is -2.40. The topological polar surface area (TPSA) is 192 Å². The molecule has 19 heteroatoms. The molecule has 2 saturated heterocycles. The van der Waals surface area contributed by atoms with Crippen molar-refractivity contribution in [2.24, 2.45) is 11.8 Å². The summed E-state index contributed by atoms with van der Waals surface area (Å²) in [5.41, 5.74) is 0.934. The van der Waals surface area contributed by atoms with Crippen LogP contribution in [0.4, 0.5) is 18.0 Å². The molecule has 15 nitrogen and oxygen atoms in total. The van der Waals surface area contributed by atoms with E-state index in [0.717, 1.165) is 35.9 Å². The first kappa shape index (κ1) is 42.5. The van der Waals surface area contributed by atoms with Crippen molar-refractivity contribution in [1.82, 2.24) is 35.3 Å². The van der Waals surface area contributed by atoms with Crippen LogP contribution in [0, 0.1) is 23.5 Å². The number of nitrogens with zero attached hydrogens (tertiary/aromatic N) is 4. The van der Waals surface area contributed by atoms with Gasteiger partial charge in [0, 0.05) is 94.8 Å². The van der Waals surface area contributed by atoms with E-state index in [-0.39, 0.29) is 49.9 Å². The lowest BCUT2D eigenvalue weighted by Crippen LogP contribution is -2.53.